The van der Waals surface area contributed by atoms with Crippen molar-refractivity contribution in [3.8, 4) is 17.2 Å². The van der Waals surface area contributed by atoms with Gasteiger partial charge in [0.05, 0.1) is 5.75 Å². The summed E-state index contributed by atoms with van der Waals surface area (Å²) in [6.07, 6.45) is 4.43. The lowest BCUT2D eigenvalue weighted by Gasteiger charge is -2.56. The molecular weight excluding hydrogens is 382 g/mol. The Morgan fingerprint density at radius 3 is 2.93 bits per heavy atom. The van der Waals surface area contributed by atoms with E-state index in [9.17, 15) is 18.6 Å². The molecule has 0 radical (unpaired) electrons. The Hall–Kier alpha value is -1.77. The minimum Gasteiger partial charge on any atom is -0.504 e. The van der Waals surface area contributed by atoms with Crippen LogP contribution in [-0.2, 0) is 22.0 Å². The highest BCUT2D eigenvalue weighted by Gasteiger charge is 2.64. The molecule has 1 saturated heterocycles. The highest BCUT2D eigenvalue weighted by atomic mass is 32.2. The molecule has 0 saturated carbocycles. The monoisotopic (exact) mass is 407 g/mol. The molecule has 5 atom stereocenters. The second kappa shape index (κ2) is 5.87. The van der Waals surface area contributed by atoms with E-state index in [4.69, 9.17) is 8.92 Å². The van der Waals surface area contributed by atoms with Gasteiger partial charge in [-0.05, 0) is 32.9 Å². The summed E-state index contributed by atoms with van der Waals surface area (Å²) in [4.78, 5) is 2.28. The first-order chi connectivity index (χ1) is 13.3. The van der Waals surface area contributed by atoms with Crippen molar-refractivity contribution in [1.82, 2.24) is 4.90 Å². The van der Waals surface area contributed by atoms with Crippen molar-refractivity contribution in [3.05, 3.63) is 29.3 Å². The smallest absolute Gasteiger partial charge is 0.309 e. The number of aliphatic hydroxyl groups excluding tert-OH is 1. The fraction of sp³-hybridized carbons (Fsp3) is 0.600. The van der Waals surface area contributed by atoms with Crippen LogP contribution in [0.1, 0.15) is 30.9 Å². The van der Waals surface area contributed by atoms with Gasteiger partial charge in [0.2, 0.25) is 0 Å². The fourth-order valence-electron chi connectivity index (χ4n) is 5.79. The molecule has 4 aliphatic rings. The molecule has 0 aromatic heterocycles. The number of rotatable bonds is 4. The van der Waals surface area contributed by atoms with Gasteiger partial charge in [-0.3, -0.25) is 0 Å². The maximum absolute atomic E-state index is 12.3. The van der Waals surface area contributed by atoms with E-state index in [-0.39, 0.29) is 29.2 Å². The van der Waals surface area contributed by atoms with Crippen LogP contribution in [0.3, 0.4) is 0 Å². The molecular formula is C20H25NO6S. The summed E-state index contributed by atoms with van der Waals surface area (Å²) in [5, 5.41) is 21.3. The molecule has 0 amide bonds. The highest BCUT2D eigenvalue weighted by molar-refractivity contribution is 7.87. The molecule has 1 spiro atoms. The first-order valence-electron chi connectivity index (χ1n) is 9.83. The topological polar surface area (TPSA) is 96.3 Å². The van der Waals surface area contributed by atoms with Crippen LogP contribution < -0.4 is 8.92 Å². The molecule has 28 heavy (non-hydrogen) atoms. The molecule has 1 fully saturated rings. The Morgan fingerprint density at radius 1 is 1.39 bits per heavy atom. The molecule has 5 rings (SSSR count). The summed E-state index contributed by atoms with van der Waals surface area (Å²) in [6, 6.07) is 1.51. The quantitative estimate of drug-likeness (QED) is 0.574. The number of aliphatic hydroxyl groups is 1. The summed E-state index contributed by atoms with van der Waals surface area (Å²) < 4.78 is 36.3. The summed E-state index contributed by atoms with van der Waals surface area (Å²) >= 11 is 0. The molecule has 1 aromatic rings. The lowest BCUT2D eigenvalue weighted by molar-refractivity contribution is -0.0454. The van der Waals surface area contributed by atoms with Gasteiger partial charge in [0.15, 0.2) is 11.5 Å². The van der Waals surface area contributed by atoms with Crippen LogP contribution in [0.2, 0.25) is 0 Å². The van der Waals surface area contributed by atoms with E-state index in [0.29, 0.717) is 18.6 Å². The van der Waals surface area contributed by atoms with Gasteiger partial charge in [-0.25, -0.2) is 0 Å². The van der Waals surface area contributed by atoms with E-state index in [0.717, 1.165) is 24.1 Å². The third kappa shape index (κ3) is 2.25. The third-order valence-electron chi connectivity index (χ3n) is 6.91. The van der Waals surface area contributed by atoms with Gasteiger partial charge in [0, 0.05) is 34.6 Å². The van der Waals surface area contributed by atoms with E-state index >= 15 is 0 Å². The van der Waals surface area contributed by atoms with Crippen molar-refractivity contribution in [3.63, 3.8) is 0 Å². The number of phenols is 1. The predicted octanol–water partition coefficient (Wildman–Crippen LogP) is 1.32. The van der Waals surface area contributed by atoms with E-state index in [1.165, 1.54) is 6.07 Å². The summed E-state index contributed by atoms with van der Waals surface area (Å²) in [5.41, 5.74) is 1.14. The van der Waals surface area contributed by atoms with Gasteiger partial charge >= 0.3 is 10.1 Å². The number of aromatic hydroxyl groups is 1. The maximum atomic E-state index is 12.3. The predicted molar refractivity (Wildman–Crippen MR) is 102 cm³/mol. The Bertz CT molecular complexity index is 973. The molecule has 7 nitrogen and oxygen atoms in total. The van der Waals surface area contributed by atoms with Crippen molar-refractivity contribution in [2.45, 2.75) is 49.9 Å². The van der Waals surface area contributed by atoms with Crippen LogP contribution in [0.15, 0.2) is 18.2 Å². The average Bonchev–Trinajstić information content (AvgIpc) is 2.97. The fourth-order valence-corrected chi connectivity index (χ4v) is 6.80. The lowest BCUT2D eigenvalue weighted by atomic mass is 9.53. The van der Waals surface area contributed by atoms with Crippen molar-refractivity contribution < 1.29 is 27.6 Å². The molecule has 152 valence electrons. The van der Waals surface area contributed by atoms with Crippen molar-refractivity contribution in [2.75, 3.05) is 19.3 Å². The van der Waals surface area contributed by atoms with Crippen LogP contribution in [0.4, 0.5) is 0 Å². The van der Waals surface area contributed by atoms with Gasteiger partial charge in [0.25, 0.3) is 0 Å². The average molecular weight is 407 g/mol. The van der Waals surface area contributed by atoms with E-state index < -0.39 is 27.7 Å². The number of piperidine rings is 1. The molecule has 1 aromatic carbocycles. The van der Waals surface area contributed by atoms with Crippen LogP contribution in [0, 0.1) is 5.92 Å². The molecule has 2 heterocycles. The number of likely N-dealkylation sites (tertiary alicyclic amines) is 1. The molecule has 2 N–H and O–H groups in total. The number of ether oxygens (including phenoxy) is 1. The molecule has 2 aliphatic heterocycles. The van der Waals surface area contributed by atoms with Crippen LogP contribution in [-0.4, -0.2) is 61.1 Å². The number of likely N-dealkylation sites (N-methyl/N-ethyl adjacent to an activating group) is 1. The Kier molecular flexibility index (Phi) is 3.83. The molecule has 2 bridgehead atoms. The lowest BCUT2D eigenvalue weighted by Crippen LogP contribution is -2.64. The minimum absolute atomic E-state index is 0.0814. The SMILES string of the molecule is CCCS(=O)(=O)Oc1cc(O)c2c3c1C[C@@H]1[C@@H]4C=C[C@H](O)[C@H](O2)[C@]34CCN1C. The van der Waals surface area contributed by atoms with Crippen LogP contribution in [0.5, 0.6) is 17.2 Å². The van der Waals surface area contributed by atoms with E-state index in [1.54, 1.807) is 13.0 Å². The number of phenolic OH excluding ortho intramolecular Hbond substituents is 1. The zero-order valence-corrected chi connectivity index (χ0v) is 16.8. The summed E-state index contributed by atoms with van der Waals surface area (Å²) in [7, 11) is -1.67. The number of hydrogen-bond donors (Lipinski definition) is 2. The largest absolute Gasteiger partial charge is 0.504 e. The maximum Gasteiger partial charge on any atom is 0.309 e. The van der Waals surface area contributed by atoms with Crippen molar-refractivity contribution in [1.29, 1.82) is 0 Å². The van der Waals surface area contributed by atoms with Gasteiger partial charge < -0.3 is 24.0 Å². The van der Waals surface area contributed by atoms with Crippen LogP contribution >= 0.6 is 0 Å². The number of hydrogen-bond acceptors (Lipinski definition) is 7. The van der Waals surface area contributed by atoms with E-state index in [2.05, 4.69) is 18.0 Å². The summed E-state index contributed by atoms with van der Waals surface area (Å²) in [5.74, 6) is 0.483. The highest BCUT2D eigenvalue weighted by Crippen LogP contribution is 2.63. The number of nitrogens with zero attached hydrogens (tertiary/aromatic N) is 1. The first-order valence-corrected chi connectivity index (χ1v) is 11.4. The second-order valence-corrected chi connectivity index (χ2v) is 10.1. The standard InChI is InChI=1S/C20H25NO6S/c1-3-8-28(24,25)27-16-10-15(23)18-17-11(16)9-13-12-4-5-14(22)19(26-18)20(12,17)6-7-21(13)2/h4-5,10,12-14,19,22-23H,3,6-9H2,1-2H3/t12-,13+,14-,19-,20-/m0/s1. The molecule has 2 aliphatic carbocycles. The van der Waals surface area contributed by atoms with Gasteiger partial charge in [-0.15, -0.1) is 0 Å². The Balaban J connectivity index is 1.74. The van der Waals surface area contributed by atoms with Crippen molar-refractivity contribution in [2.24, 2.45) is 5.92 Å². The molecule has 0 unspecified atom stereocenters. The van der Waals surface area contributed by atoms with Crippen molar-refractivity contribution >= 4 is 10.1 Å². The normalized spacial score (nSPS) is 35.4. The minimum atomic E-state index is -3.74. The second-order valence-electron chi connectivity index (χ2n) is 8.40. The Labute approximate surface area is 164 Å². The summed E-state index contributed by atoms with van der Waals surface area (Å²) in [6.45, 7) is 2.63. The van der Waals surface area contributed by atoms with Gasteiger partial charge in [-0.1, -0.05) is 19.1 Å². The number of benzene rings is 1. The zero-order valence-electron chi connectivity index (χ0n) is 16.0. The Morgan fingerprint density at radius 2 is 2.18 bits per heavy atom. The van der Waals surface area contributed by atoms with Gasteiger partial charge in [0.1, 0.15) is 18.0 Å². The zero-order chi connectivity index (χ0) is 19.8. The van der Waals surface area contributed by atoms with Gasteiger partial charge in [-0.2, -0.15) is 8.42 Å². The van der Waals surface area contributed by atoms with Crippen LogP contribution in [0.25, 0.3) is 0 Å². The third-order valence-corrected chi connectivity index (χ3v) is 8.25. The molecule has 8 heteroatoms. The first kappa shape index (κ1) is 18.3. The van der Waals surface area contributed by atoms with E-state index in [1.807, 2.05) is 0 Å².